The number of halogens is 2. The number of pyridine rings is 2. The number of benzene rings is 2. The summed E-state index contributed by atoms with van der Waals surface area (Å²) in [6.45, 7) is 12.2. The van der Waals surface area contributed by atoms with E-state index in [9.17, 15) is 43.2 Å². The Labute approximate surface area is 669 Å². The molecule has 0 spiro atoms. The molecule has 4 aromatic rings. The van der Waals surface area contributed by atoms with Gasteiger partial charge in [0, 0.05) is 140 Å². The zero-order valence-corrected chi connectivity index (χ0v) is 69.1. The average Bonchev–Trinajstić information content (AvgIpc) is 1.72. The fraction of sp³-hybridized carbons (Fsp3) is 0.507. The van der Waals surface area contributed by atoms with E-state index in [1.807, 2.05) is 36.7 Å². The van der Waals surface area contributed by atoms with Gasteiger partial charge < -0.3 is 54.0 Å². The molecule has 0 atom stereocenters. The minimum absolute atomic E-state index is 0.0426. The Balaban J connectivity index is 0.000000360. The SMILES string of the molecule is CC(=O)OC(C)=O.CC(=O)OCCSSCCO.CC(=O)OCCSSCCOC(=O)N1CCC(=C2c3ccc(Cl)cc3CCc3cccnc32)CC1.CC(=O)OCCSSCCOC(=O)ON1C(=O)CCC1=O.Clc1ccc2c(c1)CCc1cccnc1C2=C1CCNCC1.OCCSSCCO.[2H]SC. The number of aliphatic hydroxyl groups is 3. The molecule has 0 saturated carbocycles. The van der Waals surface area contributed by atoms with Gasteiger partial charge in [0.25, 0.3) is 11.8 Å². The normalized spacial score (nSPS) is 13.9. The van der Waals surface area contributed by atoms with E-state index in [0.717, 1.165) is 121 Å². The van der Waals surface area contributed by atoms with E-state index < -0.39 is 29.9 Å². The van der Waals surface area contributed by atoms with Gasteiger partial charge >= 0.3 is 42.1 Å². The van der Waals surface area contributed by atoms with Gasteiger partial charge in [-0.3, -0.25) is 48.4 Å². The van der Waals surface area contributed by atoms with Gasteiger partial charge in [-0.1, -0.05) is 150 Å². The molecule has 3 fully saturated rings. The fourth-order valence-corrected chi connectivity index (χ4v) is 16.9. The van der Waals surface area contributed by atoms with E-state index in [4.69, 9.17) is 68.6 Å². The van der Waals surface area contributed by atoms with Crippen LogP contribution in [0.5, 0.6) is 0 Å². The maximum absolute atomic E-state index is 12.6. The van der Waals surface area contributed by atoms with E-state index >= 15 is 0 Å². The lowest BCUT2D eigenvalue weighted by Gasteiger charge is -2.29. The number of nitrogens with one attached hydrogen (secondary N) is 1. The van der Waals surface area contributed by atoms with E-state index in [0.29, 0.717) is 61.8 Å². The molecule has 2 aromatic carbocycles. The molecule has 106 heavy (non-hydrogen) atoms. The average molecular weight is 1680 g/mol. The number of hydrogen-bond donors (Lipinski definition) is 5. The first kappa shape index (κ1) is 93.4. The van der Waals surface area contributed by atoms with Crippen molar-refractivity contribution in [2.45, 2.75) is 98.8 Å². The highest BCUT2D eigenvalue weighted by Crippen LogP contribution is 2.40. The number of thiol groups is 1. The number of aromatic nitrogens is 2. The van der Waals surface area contributed by atoms with Gasteiger partial charge in [-0.2, -0.15) is 12.5 Å². The second-order valence-electron chi connectivity index (χ2n) is 22.1. The molecule has 586 valence electrons. The summed E-state index contributed by atoms with van der Waals surface area (Å²) in [7, 11) is 12.5. The lowest BCUT2D eigenvalue weighted by atomic mass is 9.88. The van der Waals surface area contributed by atoms with Gasteiger partial charge in [-0.05, 0) is 140 Å². The van der Waals surface area contributed by atoms with Crippen molar-refractivity contribution >= 4 is 187 Å². The lowest BCUT2D eigenvalue weighted by molar-refractivity contribution is -0.177. The quantitative estimate of drug-likeness (QED) is 0.00741. The van der Waals surface area contributed by atoms with Crippen LogP contribution in [-0.4, -0.2) is 222 Å². The van der Waals surface area contributed by atoms with Crippen LogP contribution in [0.15, 0.2) is 84.2 Å². The van der Waals surface area contributed by atoms with Crippen LogP contribution in [0.4, 0.5) is 9.59 Å². The van der Waals surface area contributed by atoms with Crippen LogP contribution in [-0.2, 0) is 92.5 Å². The maximum Gasteiger partial charge on any atom is 0.533 e. The molecule has 5 heterocycles. The van der Waals surface area contributed by atoms with Crippen molar-refractivity contribution in [1.29, 1.82) is 1.12 Å². The molecular formula is C71H95Cl2N5O19S9. The number of aryl methyl sites for hydroxylation is 4. The number of esters is 5. The summed E-state index contributed by atoms with van der Waals surface area (Å²) >= 11 is 13.5. The third kappa shape index (κ3) is 39.6. The molecule has 3 aliphatic heterocycles. The summed E-state index contributed by atoms with van der Waals surface area (Å²) in [6.07, 6.45) is 12.0. The molecule has 5 aliphatic rings. The molecule has 4 N–H and O–H groups in total. The number of aliphatic hydroxyl groups excluding tert-OH is 3. The van der Waals surface area contributed by atoms with E-state index in [1.165, 1.54) is 118 Å². The molecule has 3 amide bonds. The molecule has 2 aromatic heterocycles. The third-order valence-electron chi connectivity index (χ3n) is 14.3. The zero-order valence-electron chi connectivity index (χ0n) is 61.2. The summed E-state index contributed by atoms with van der Waals surface area (Å²) in [5.41, 5.74) is 15.4. The Morgan fingerprint density at radius 2 is 0.849 bits per heavy atom. The summed E-state index contributed by atoms with van der Waals surface area (Å²) in [4.78, 5) is 113. The molecule has 0 radical (unpaired) electrons. The Morgan fingerprint density at radius 3 is 1.22 bits per heavy atom. The Morgan fingerprint density at radius 1 is 0.491 bits per heavy atom. The number of imide groups is 1. The predicted octanol–water partition coefficient (Wildman–Crippen LogP) is 12.9. The van der Waals surface area contributed by atoms with Crippen LogP contribution < -0.4 is 5.32 Å². The molecule has 35 heteroatoms. The van der Waals surface area contributed by atoms with Crippen molar-refractivity contribution < 1.29 is 91.7 Å². The minimum Gasteiger partial charge on any atom is -0.465 e. The monoisotopic (exact) mass is 1680 g/mol. The third-order valence-corrected chi connectivity index (χ3v) is 24.2. The summed E-state index contributed by atoms with van der Waals surface area (Å²) in [5, 5.41) is 30.4. The number of carbonyl (C=O) groups is 9. The molecule has 24 nitrogen and oxygen atoms in total. The second kappa shape index (κ2) is 58.0. The van der Waals surface area contributed by atoms with Gasteiger partial charge in [-0.25, -0.2) is 9.59 Å². The first-order valence-corrected chi connectivity index (χ1v) is 45.2. The molecule has 3 saturated heterocycles. The van der Waals surface area contributed by atoms with Crippen molar-refractivity contribution in [2.24, 2.45) is 0 Å². The van der Waals surface area contributed by atoms with Crippen LogP contribution in [0.1, 0.15) is 118 Å². The van der Waals surface area contributed by atoms with Crippen LogP contribution in [0.25, 0.3) is 11.1 Å². The highest BCUT2D eigenvalue weighted by molar-refractivity contribution is 8.77. The van der Waals surface area contributed by atoms with Crippen LogP contribution in [0, 0.1) is 0 Å². The van der Waals surface area contributed by atoms with Gasteiger partial charge in [0.05, 0.1) is 31.2 Å². The number of fused-ring (bicyclic) bond motifs is 4. The summed E-state index contributed by atoms with van der Waals surface area (Å²) in [6, 6.07) is 20.9. The smallest absolute Gasteiger partial charge is 0.465 e. The maximum atomic E-state index is 12.6. The highest BCUT2D eigenvalue weighted by Gasteiger charge is 2.34. The van der Waals surface area contributed by atoms with Crippen molar-refractivity contribution in [1.82, 2.24) is 25.2 Å². The number of carbonyl (C=O) groups excluding carboxylic acids is 9. The largest absolute Gasteiger partial charge is 0.533 e. The zero-order chi connectivity index (χ0) is 78.6. The lowest BCUT2D eigenvalue weighted by Crippen LogP contribution is -2.37. The summed E-state index contributed by atoms with van der Waals surface area (Å²) < 4.78 is 34.6. The number of ether oxygens (including phenoxy) is 6. The van der Waals surface area contributed by atoms with Crippen molar-refractivity contribution in [2.75, 3.05) is 131 Å². The number of hydrogen-bond acceptors (Lipinski definition) is 31. The fourth-order valence-electron chi connectivity index (χ4n) is 10.1. The number of nitrogens with zero attached hydrogens (tertiary/aromatic N) is 4. The summed E-state index contributed by atoms with van der Waals surface area (Å²) in [5.74, 6) is 2.52. The number of likely N-dealkylation sites (tertiary alicyclic amines) is 1. The molecule has 9 rings (SSSR count). The molecule has 0 bridgehead atoms. The van der Waals surface area contributed by atoms with E-state index in [-0.39, 0.29) is 63.3 Å². The van der Waals surface area contributed by atoms with E-state index in [2.05, 4.69) is 56.0 Å². The van der Waals surface area contributed by atoms with Crippen LogP contribution in [0.3, 0.4) is 0 Å². The number of rotatable bonds is 26. The van der Waals surface area contributed by atoms with Crippen LogP contribution in [0.2, 0.25) is 10.0 Å². The Hall–Kier alpha value is -4.98. The van der Waals surface area contributed by atoms with Crippen molar-refractivity contribution in [3.63, 3.8) is 0 Å². The Bertz CT molecular complexity index is 3450. The van der Waals surface area contributed by atoms with Gasteiger partial charge in [-0.15, -0.1) is 0 Å². The standard InChI is InChI=1S/C26H29ClN2O4S2.C19H19ClN2.C11H15NO7S2.C6H12O3S2.C4H6O3.C4H10O2S2.CH4S/c1-18(30)32-13-15-34-35-16-14-33-26(31)29-11-8-19(9-12-29)24-23-7-6-22(27)17-21(23)5-4-20-3-2-10-28-25(20)24;20-16-5-6-17-15(12-16)4-3-14-2-1-9-22-19(14)18(17)13-7-10-21-11-8-13;1-8(13)17-4-6-20-21-7-5-18-11(16)19-12-9(14)2-3-10(12)15;1-6(8)9-3-5-11-10-4-2-7;1-3(5)7-4(2)6;5-1-3-7-8-4-2-6;1-2/h2-3,6-7,10,17H,4-5,8-9,11-16H2,1H3;1-2,5-6,9,12,21H,3-4,7-8,10-11H2;2-7H2,1H3;7H,2-5H2,1H3;1-2H3;5-6H,1-4H2;2H,1H3/i/hD. The number of piperidine rings is 2. The number of amides is 3. The molecule has 0 unspecified atom stereocenters. The van der Waals surface area contributed by atoms with Crippen molar-refractivity contribution in [3.8, 4) is 0 Å². The van der Waals surface area contributed by atoms with Gasteiger partial charge in [0.15, 0.2) is 0 Å². The van der Waals surface area contributed by atoms with Crippen LogP contribution >= 0.6 is 122 Å². The first-order chi connectivity index (χ1) is 51.6. The molecular weight excluding hydrogens is 1590 g/mol. The Kier molecular flexibility index (Phi) is 51.1. The first-order valence-electron chi connectivity index (χ1n) is 34.1. The highest BCUT2D eigenvalue weighted by atomic mass is 35.5. The second-order valence-corrected chi connectivity index (χ2v) is 33.7. The molecule has 2 aliphatic carbocycles. The number of hydroxylamine groups is 2. The van der Waals surface area contributed by atoms with Gasteiger partial charge in [0.2, 0.25) is 0 Å². The van der Waals surface area contributed by atoms with Crippen molar-refractivity contribution in [3.05, 3.63) is 139 Å². The van der Waals surface area contributed by atoms with E-state index in [1.54, 1.807) is 75.9 Å². The topological polar surface area (TPSA) is 323 Å². The minimum atomic E-state index is -1.08. The predicted molar refractivity (Wildman–Crippen MR) is 434 cm³/mol. The van der Waals surface area contributed by atoms with Gasteiger partial charge in [0.1, 0.15) is 34.2 Å².